The number of ketones is 1. The van der Waals surface area contributed by atoms with Crippen molar-refractivity contribution in [3.8, 4) is 16.9 Å². The van der Waals surface area contributed by atoms with Gasteiger partial charge in [0, 0.05) is 17.5 Å². The molecule has 0 bridgehead atoms. The molecule has 2 nitrogen and oxygen atoms in total. The quantitative estimate of drug-likeness (QED) is 0.587. The number of carbonyl (C=O) groups excluding carboxylic acids is 1. The lowest BCUT2D eigenvalue weighted by molar-refractivity contribution is -0.274. The van der Waals surface area contributed by atoms with Crippen molar-refractivity contribution >= 4 is 5.78 Å². The van der Waals surface area contributed by atoms with Gasteiger partial charge < -0.3 is 4.74 Å². The molecule has 6 heteroatoms. The van der Waals surface area contributed by atoms with Gasteiger partial charge >= 0.3 is 6.36 Å². The number of benzene rings is 2. The van der Waals surface area contributed by atoms with Gasteiger partial charge in [-0.2, -0.15) is 0 Å². The third-order valence-corrected chi connectivity index (χ3v) is 3.01. The van der Waals surface area contributed by atoms with Crippen LogP contribution in [-0.2, 0) is 0 Å². The van der Waals surface area contributed by atoms with Crippen LogP contribution in [0.15, 0.2) is 42.5 Å². The molecule has 0 unspecified atom stereocenters. The normalized spacial score (nSPS) is 11.3. The molecule has 0 amide bonds. The van der Waals surface area contributed by atoms with Gasteiger partial charge in [0.2, 0.25) is 0 Å². The molecule has 22 heavy (non-hydrogen) atoms. The zero-order valence-electron chi connectivity index (χ0n) is 11.6. The van der Waals surface area contributed by atoms with Crippen LogP contribution in [0.1, 0.15) is 23.7 Å². The van der Waals surface area contributed by atoms with E-state index in [1.807, 2.05) is 0 Å². The van der Waals surface area contributed by atoms with E-state index in [1.54, 1.807) is 6.92 Å². The lowest BCUT2D eigenvalue weighted by atomic mass is 9.95. The van der Waals surface area contributed by atoms with Crippen LogP contribution in [0.5, 0.6) is 5.75 Å². The minimum Gasteiger partial charge on any atom is -0.405 e. The van der Waals surface area contributed by atoms with E-state index in [1.165, 1.54) is 24.3 Å². The fraction of sp³-hybridized carbons (Fsp3) is 0.188. The fourth-order valence-corrected chi connectivity index (χ4v) is 2.08. The summed E-state index contributed by atoms with van der Waals surface area (Å²) in [6.45, 7) is 1.62. The maximum Gasteiger partial charge on any atom is 0.573 e. The minimum atomic E-state index is -4.88. The van der Waals surface area contributed by atoms with Crippen molar-refractivity contribution in [1.29, 1.82) is 0 Å². The Balaban J connectivity index is 2.61. The number of ether oxygens (including phenoxy) is 1. The zero-order chi connectivity index (χ0) is 16.3. The molecule has 2 aromatic carbocycles. The molecule has 0 aliphatic heterocycles. The molecule has 0 heterocycles. The predicted octanol–water partition coefficient (Wildman–Crippen LogP) is 4.98. The summed E-state index contributed by atoms with van der Waals surface area (Å²) in [6, 6.07) is 8.72. The van der Waals surface area contributed by atoms with E-state index < -0.39 is 17.9 Å². The van der Waals surface area contributed by atoms with Crippen molar-refractivity contribution < 1.29 is 27.1 Å². The smallest absolute Gasteiger partial charge is 0.405 e. The van der Waals surface area contributed by atoms with Gasteiger partial charge in [0.25, 0.3) is 0 Å². The Kier molecular flexibility index (Phi) is 4.49. The number of carbonyl (C=O) groups is 1. The summed E-state index contributed by atoms with van der Waals surface area (Å²) in [5, 5.41) is 0. The van der Waals surface area contributed by atoms with Crippen molar-refractivity contribution in [1.82, 2.24) is 0 Å². The van der Waals surface area contributed by atoms with Crippen molar-refractivity contribution in [2.75, 3.05) is 0 Å². The van der Waals surface area contributed by atoms with Gasteiger partial charge in [0.15, 0.2) is 5.78 Å². The number of hydrogen-bond donors (Lipinski definition) is 0. The van der Waals surface area contributed by atoms with Crippen LogP contribution in [0.4, 0.5) is 17.6 Å². The number of para-hydroxylation sites is 1. The Labute approximate surface area is 124 Å². The second-order valence-electron chi connectivity index (χ2n) is 4.51. The van der Waals surface area contributed by atoms with Crippen molar-refractivity contribution in [2.45, 2.75) is 19.7 Å². The Bertz CT molecular complexity index is 693. The van der Waals surface area contributed by atoms with Gasteiger partial charge in [-0.25, -0.2) is 4.39 Å². The minimum absolute atomic E-state index is 0.0103. The van der Waals surface area contributed by atoms with E-state index in [-0.39, 0.29) is 28.9 Å². The number of halogens is 4. The van der Waals surface area contributed by atoms with E-state index in [0.29, 0.717) is 0 Å². The van der Waals surface area contributed by atoms with Gasteiger partial charge in [-0.3, -0.25) is 4.79 Å². The zero-order valence-corrected chi connectivity index (χ0v) is 11.6. The van der Waals surface area contributed by atoms with Crippen LogP contribution in [0.3, 0.4) is 0 Å². The highest BCUT2D eigenvalue weighted by Gasteiger charge is 2.32. The summed E-state index contributed by atoms with van der Waals surface area (Å²) in [6.07, 6.45) is -4.72. The van der Waals surface area contributed by atoms with Crippen LogP contribution < -0.4 is 4.74 Å². The molecule has 0 aromatic heterocycles. The summed E-state index contributed by atoms with van der Waals surface area (Å²) < 4.78 is 54.9. The monoisotopic (exact) mass is 312 g/mol. The highest BCUT2D eigenvalue weighted by Crippen LogP contribution is 2.36. The molecular weight excluding hydrogens is 300 g/mol. The van der Waals surface area contributed by atoms with E-state index >= 15 is 0 Å². The molecule has 0 fully saturated rings. The third kappa shape index (κ3) is 3.63. The largest absolute Gasteiger partial charge is 0.573 e. The van der Waals surface area contributed by atoms with E-state index in [2.05, 4.69) is 4.74 Å². The lowest BCUT2D eigenvalue weighted by Crippen LogP contribution is -2.17. The van der Waals surface area contributed by atoms with Gasteiger partial charge in [0.1, 0.15) is 11.6 Å². The summed E-state index contributed by atoms with van der Waals surface area (Å²) in [5.74, 6) is -1.42. The van der Waals surface area contributed by atoms with E-state index in [9.17, 15) is 22.4 Å². The van der Waals surface area contributed by atoms with Gasteiger partial charge in [-0.1, -0.05) is 25.1 Å². The Morgan fingerprint density at radius 3 is 2.41 bits per heavy atom. The molecule has 0 spiro atoms. The molecular formula is C16H12F4O2. The van der Waals surface area contributed by atoms with E-state index in [4.69, 9.17) is 0 Å². The molecule has 2 rings (SSSR count). The highest BCUT2D eigenvalue weighted by molar-refractivity contribution is 6.02. The summed E-state index contributed by atoms with van der Waals surface area (Å²) in [7, 11) is 0. The molecule has 0 aliphatic carbocycles. The second-order valence-corrected chi connectivity index (χ2v) is 4.51. The second kappa shape index (κ2) is 6.17. The summed E-state index contributed by atoms with van der Waals surface area (Å²) in [4.78, 5) is 11.9. The van der Waals surface area contributed by atoms with Crippen LogP contribution in [0, 0.1) is 5.82 Å². The van der Waals surface area contributed by atoms with Gasteiger partial charge in [-0.05, 0) is 29.8 Å². The average Bonchev–Trinajstić information content (AvgIpc) is 2.45. The van der Waals surface area contributed by atoms with Crippen molar-refractivity contribution in [2.24, 2.45) is 0 Å². The van der Waals surface area contributed by atoms with E-state index in [0.717, 1.165) is 18.2 Å². The Morgan fingerprint density at radius 2 is 1.77 bits per heavy atom. The van der Waals surface area contributed by atoms with Crippen LogP contribution >= 0.6 is 0 Å². The maximum absolute atomic E-state index is 13.5. The Morgan fingerprint density at radius 1 is 1.09 bits per heavy atom. The number of hydrogen-bond acceptors (Lipinski definition) is 2. The molecule has 2 aromatic rings. The molecule has 0 radical (unpaired) electrons. The van der Waals surface area contributed by atoms with Crippen LogP contribution in [-0.4, -0.2) is 12.1 Å². The first-order valence-corrected chi connectivity index (χ1v) is 6.49. The fourth-order valence-electron chi connectivity index (χ4n) is 2.08. The molecule has 0 aliphatic rings. The standard InChI is InChI=1S/C16H12F4O2/c1-2-14(21)11-8-7-10(17)9-13(11)12-5-3-4-6-15(12)22-16(18,19)20/h3-9H,2H2,1H3. The molecule has 116 valence electrons. The SMILES string of the molecule is CCC(=O)c1ccc(F)cc1-c1ccccc1OC(F)(F)F. The molecule has 0 atom stereocenters. The lowest BCUT2D eigenvalue weighted by Gasteiger charge is -2.15. The van der Waals surface area contributed by atoms with Crippen molar-refractivity contribution in [3.63, 3.8) is 0 Å². The van der Waals surface area contributed by atoms with Gasteiger partial charge in [-0.15, -0.1) is 13.2 Å². The first-order valence-electron chi connectivity index (χ1n) is 6.49. The molecule has 0 saturated carbocycles. The highest BCUT2D eigenvalue weighted by atomic mass is 19.4. The van der Waals surface area contributed by atoms with Crippen LogP contribution in [0.2, 0.25) is 0 Å². The third-order valence-electron chi connectivity index (χ3n) is 3.01. The first kappa shape index (κ1) is 16.0. The van der Waals surface area contributed by atoms with Gasteiger partial charge in [0.05, 0.1) is 0 Å². The number of rotatable bonds is 4. The molecule has 0 saturated heterocycles. The van der Waals surface area contributed by atoms with Crippen LogP contribution in [0.25, 0.3) is 11.1 Å². The Hall–Kier alpha value is -2.37. The number of Topliss-reactive ketones (excluding diaryl/α,β-unsaturated/α-hetero) is 1. The topological polar surface area (TPSA) is 26.3 Å². The molecule has 0 N–H and O–H groups in total. The number of alkyl halides is 3. The summed E-state index contributed by atoms with van der Waals surface area (Å²) in [5.41, 5.74) is 0.241. The predicted molar refractivity (Wildman–Crippen MR) is 73.1 cm³/mol. The van der Waals surface area contributed by atoms with Crippen molar-refractivity contribution in [3.05, 3.63) is 53.8 Å². The maximum atomic E-state index is 13.5. The summed E-state index contributed by atoms with van der Waals surface area (Å²) >= 11 is 0. The average molecular weight is 312 g/mol. The first-order chi connectivity index (χ1) is 10.3.